The van der Waals surface area contributed by atoms with E-state index in [0.29, 0.717) is 29.6 Å². The van der Waals surface area contributed by atoms with E-state index in [2.05, 4.69) is 46.0 Å². The van der Waals surface area contributed by atoms with Crippen molar-refractivity contribution in [2.75, 3.05) is 6.54 Å². The maximum Gasteiger partial charge on any atom is 0.305 e. The first-order valence-corrected chi connectivity index (χ1v) is 15.4. The van der Waals surface area contributed by atoms with Crippen LogP contribution in [0.4, 0.5) is 0 Å². The topological polar surface area (TPSA) is 64.6 Å². The lowest BCUT2D eigenvalue weighted by Gasteiger charge is -2.58. The number of nitrogens with one attached hydrogen (secondary N) is 1. The zero-order chi connectivity index (χ0) is 27.5. The fraction of sp³-hybridized carbons (Fsp3) is 0.818. The highest BCUT2D eigenvalue weighted by Gasteiger charge is 2.67. The Balaban J connectivity index is 1.31. The van der Waals surface area contributed by atoms with Crippen molar-refractivity contribution >= 4 is 11.9 Å². The van der Waals surface area contributed by atoms with Crippen LogP contribution >= 0.6 is 0 Å². The molecule has 0 spiro atoms. The molecule has 0 saturated heterocycles. The van der Waals surface area contributed by atoms with Crippen molar-refractivity contribution in [3.05, 3.63) is 23.0 Å². The quantitative estimate of drug-likeness (QED) is 0.284. The lowest BCUT2D eigenvalue weighted by Crippen LogP contribution is -2.50. The Hall–Kier alpha value is -1.78. The number of hydrogen-bond acceptors (Lipinski definition) is 4. The van der Waals surface area contributed by atoms with Gasteiger partial charge in [0.1, 0.15) is 11.7 Å². The third-order valence-corrected chi connectivity index (χ3v) is 11.8. The first kappa shape index (κ1) is 27.8. The van der Waals surface area contributed by atoms with E-state index in [-0.39, 0.29) is 29.0 Å². The summed E-state index contributed by atoms with van der Waals surface area (Å²) >= 11 is 0. The molecule has 0 radical (unpaired) electrons. The predicted molar refractivity (Wildman–Crippen MR) is 150 cm³/mol. The summed E-state index contributed by atoms with van der Waals surface area (Å²) in [7, 11) is 0. The van der Waals surface area contributed by atoms with Crippen molar-refractivity contribution in [3.8, 4) is 0 Å². The van der Waals surface area contributed by atoms with E-state index in [9.17, 15) is 9.59 Å². The first-order valence-electron chi connectivity index (χ1n) is 15.4. The molecular formula is C33H51NO4. The number of ether oxygens (including phenoxy) is 2. The van der Waals surface area contributed by atoms with Crippen LogP contribution in [0.5, 0.6) is 0 Å². The van der Waals surface area contributed by atoms with Gasteiger partial charge in [-0.15, -0.1) is 0 Å². The van der Waals surface area contributed by atoms with Gasteiger partial charge in [-0.3, -0.25) is 9.59 Å². The second-order valence-corrected chi connectivity index (χ2v) is 14.3. The molecule has 0 unspecified atom stereocenters. The van der Waals surface area contributed by atoms with E-state index in [1.54, 1.807) is 12.5 Å². The van der Waals surface area contributed by atoms with E-state index in [0.717, 1.165) is 56.9 Å². The van der Waals surface area contributed by atoms with Crippen LogP contribution in [0.15, 0.2) is 23.0 Å². The molecule has 5 nitrogen and oxygen atoms in total. The van der Waals surface area contributed by atoms with Gasteiger partial charge in [0.15, 0.2) is 0 Å². The van der Waals surface area contributed by atoms with E-state index in [1.165, 1.54) is 30.6 Å². The second kappa shape index (κ2) is 10.0. The standard InChI is InChI=1S/C33H51NO4/c1-8-29(36)37-24-13-15-31(5)23(17-24)10-11-25-26(31)14-16-32(6)27(25)18-33(7)30(32)21(3)28(38-33)12-9-20(2)19-34-22(4)35/h10,20,24-27,30H,8-9,11-19H2,1-7H3,(H,34,35)/t20-,24-,25+,26-,27-,30+,31-,32-,33-/m0/s1. The molecule has 0 bridgehead atoms. The van der Waals surface area contributed by atoms with Crippen molar-refractivity contribution in [3.63, 3.8) is 0 Å². The van der Waals surface area contributed by atoms with Crippen molar-refractivity contribution < 1.29 is 19.1 Å². The van der Waals surface area contributed by atoms with Gasteiger partial charge in [0.2, 0.25) is 5.91 Å². The highest BCUT2D eigenvalue weighted by molar-refractivity contribution is 5.72. The number of rotatable bonds is 7. The maximum atomic E-state index is 11.9. The summed E-state index contributed by atoms with van der Waals surface area (Å²) in [5, 5.41) is 2.96. The Morgan fingerprint density at radius 1 is 1.18 bits per heavy atom. The highest BCUT2D eigenvalue weighted by Crippen LogP contribution is 2.71. The predicted octanol–water partition coefficient (Wildman–Crippen LogP) is 7.11. The van der Waals surface area contributed by atoms with Crippen molar-refractivity contribution in [2.45, 2.75) is 124 Å². The smallest absolute Gasteiger partial charge is 0.305 e. The molecule has 1 amide bonds. The molecule has 5 rings (SSSR count). The van der Waals surface area contributed by atoms with Crippen LogP contribution in [0.1, 0.15) is 113 Å². The average molecular weight is 526 g/mol. The van der Waals surface area contributed by atoms with Gasteiger partial charge in [0.25, 0.3) is 0 Å². The molecule has 4 aliphatic carbocycles. The van der Waals surface area contributed by atoms with Gasteiger partial charge in [-0.25, -0.2) is 0 Å². The van der Waals surface area contributed by atoms with Crippen LogP contribution in [0.25, 0.3) is 0 Å². The van der Waals surface area contributed by atoms with E-state index >= 15 is 0 Å². The Bertz CT molecular complexity index is 1030. The number of hydrogen-bond donors (Lipinski definition) is 1. The van der Waals surface area contributed by atoms with Crippen LogP contribution < -0.4 is 5.32 Å². The molecule has 0 aromatic rings. The van der Waals surface area contributed by atoms with Gasteiger partial charge in [0, 0.05) is 38.6 Å². The van der Waals surface area contributed by atoms with Crippen LogP contribution in [0, 0.1) is 40.4 Å². The normalized spacial score (nSPS) is 42.2. The second-order valence-electron chi connectivity index (χ2n) is 14.3. The molecule has 0 aromatic carbocycles. The van der Waals surface area contributed by atoms with Gasteiger partial charge in [-0.2, -0.15) is 0 Å². The minimum absolute atomic E-state index is 0.0486. The number of fused-ring (bicyclic) bond motifs is 7. The molecule has 3 fully saturated rings. The number of carbonyl (C=O) groups is 2. The Morgan fingerprint density at radius 2 is 1.95 bits per heavy atom. The molecule has 0 aromatic heterocycles. The van der Waals surface area contributed by atoms with E-state index < -0.39 is 0 Å². The van der Waals surface area contributed by atoms with Crippen molar-refractivity contribution in [2.24, 2.45) is 40.4 Å². The molecule has 38 heavy (non-hydrogen) atoms. The van der Waals surface area contributed by atoms with Gasteiger partial charge in [-0.1, -0.05) is 39.3 Å². The minimum atomic E-state index is -0.0918. The summed E-state index contributed by atoms with van der Waals surface area (Å²) < 4.78 is 12.7. The molecule has 212 valence electrons. The van der Waals surface area contributed by atoms with E-state index in [1.807, 2.05) is 6.92 Å². The monoisotopic (exact) mass is 525 g/mol. The highest BCUT2D eigenvalue weighted by atomic mass is 16.5. The SMILES string of the molecule is CCC(=O)O[C@H]1CC[C@@]2(C)C(=CC[C@H]3[C@@H]4C[C@]5(C)OC(CC[C@H](C)CNC(C)=O)=C(C)[C@@H]5[C@@]4(C)CC[C@@H]32)C1. The number of amides is 1. The molecule has 5 aliphatic rings. The lowest BCUT2D eigenvalue weighted by molar-refractivity contribution is -0.151. The van der Waals surface area contributed by atoms with Gasteiger partial charge in [0.05, 0.1) is 5.76 Å². The minimum Gasteiger partial charge on any atom is -0.491 e. The summed E-state index contributed by atoms with van der Waals surface area (Å²) in [6.07, 6.45) is 13.1. The number of esters is 1. The van der Waals surface area contributed by atoms with Gasteiger partial charge >= 0.3 is 5.97 Å². The fourth-order valence-electron chi connectivity index (χ4n) is 9.96. The fourth-order valence-corrected chi connectivity index (χ4v) is 9.96. The maximum absolute atomic E-state index is 11.9. The number of carbonyl (C=O) groups excluding carboxylic acids is 2. The van der Waals surface area contributed by atoms with Crippen LogP contribution in [0.2, 0.25) is 0 Å². The first-order chi connectivity index (χ1) is 17.9. The van der Waals surface area contributed by atoms with Crippen LogP contribution in [-0.4, -0.2) is 30.1 Å². The summed E-state index contributed by atoms with van der Waals surface area (Å²) in [4.78, 5) is 23.2. The Kier molecular flexibility index (Phi) is 7.31. The molecule has 1 aliphatic heterocycles. The molecule has 5 heteroatoms. The van der Waals surface area contributed by atoms with Crippen molar-refractivity contribution in [1.29, 1.82) is 0 Å². The zero-order valence-corrected chi connectivity index (χ0v) is 25.0. The average Bonchev–Trinajstić information content (AvgIpc) is 3.27. The van der Waals surface area contributed by atoms with Gasteiger partial charge in [-0.05, 0) is 98.9 Å². The Morgan fingerprint density at radius 3 is 2.66 bits per heavy atom. The molecular weight excluding hydrogens is 474 g/mol. The zero-order valence-electron chi connectivity index (χ0n) is 25.0. The van der Waals surface area contributed by atoms with E-state index in [4.69, 9.17) is 9.47 Å². The Labute approximate surface area is 230 Å². The van der Waals surface area contributed by atoms with Crippen molar-refractivity contribution in [1.82, 2.24) is 5.32 Å². The lowest BCUT2D eigenvalue weighted by atomic mass is 9.47. The van der Waals surface area contributed by atoms with Crippen LogP contribution in [-0.2, 0) is 19.1 Å². The third-order valence-electron chi connectivity index (χ3n) is 11.8. The third kappa shape index (κ3) is 4.54. The summed E-state index contributed by atoms with van der Waals surface area (Å²) in [5.41, 5.74) is 3.51. The molecule has 1 heterocycles. The molecule has 9 atom stereocenters. The van der Waals surface area contributed by atoms with Crippen LogP contribution in [0.3, 0.4) is 0 Å². The number of allylic oxidation sites excluding steroid dienone is 2. The summed E-state index contributed by atoms with van der Waals surface area (Å²) in [6.45, 7) is 16.3. The largest absolute Gasteiger partial charge is 0.491 e. The van der Waals surface area contributed by atoms with Gasteiger partial charge < -0.3 is 14.8 Å². The summed E-state index contributed by atoms with van der Waals surface area (Å²) in [5.74, 6) is 4.30. The molecule has 3 saturated carbocycles. The summed E-state index contributed by atoms with van der Waals surface area (Å²) in [6, 6.07) is 0. The molecule has 1 N–H and O–H groups in total.